The standard InChI is InChI=1S/C22H25F3N4O4/c1-13-8-17(28-10-19(13)33-12-22(23,24)25)14(2)29-11-16-15(21(29)31)4-5-26-18(16)9-20(30)27-6-7-32-3/h4-5,8,10,14H,6-7,9,11-12H2,1-3H3,(H,27,30). The lowest BCUT2D eigenvalue weighted by atomic mass is 10.1. The van der Waals surface area contributed by atoms with Gasteiger partial charge in [0.15, 0.2) is 6.61 Å². The van der Waals surface area contributed by atoms with Crippen LogP contribution in [-0.4, -0.2) is 59.7 Å². The van der Waals surface area contributed by atoms with Gasteiger partial charge in [-0.1, -0.05) is 0 Å². The second-order valence-electron chi connectivity index (χ2n) is 7.69. The first-order chi connectivity index (χ1) is 15.6. The number of nitrogens with one attached hydrogen (secondary N) is 1. The molecule has 178 valence electrons. The first-order valence-corrected chi connectivity index (χ1v) is 10.3. The molecular weight excluding hydrogens is 441 g/mol. The van der Waals surface area contributed by atoms with Crippen molar-refractivity contribution in [1.29, 1.82) is 0 Å². The Morgan fingerprint density at radius 1 is 1.33 bits per heavy atom. The Kier molecular flexibility index (Phi) is 7.52. The third-order valence-electron chi connectivity index (χ3n) is 5.29. The number of methoxy groups -OCH3 is 1. The number of hydrogen-bond donors (Lipinski definition) is 1. The number of halogens is 3. The SMILES string of the molecule is COCCNC(=O)Cc1nccc2c1CN(C(C)c1cc(C)c(OCC(F)(F)F)cn1)C2=O. The fraction of sp³-hybridized carbons (Fsp3) is 0.455. The number of ether oxygens (including phenoxy) is 2. The molecule has 8 nitrogen and oxygen atoms in total. The summed E-state index contributed by atoms with van der Waals surface area (Å²) in [6.45, 7) is 3.01. The molecule has 0 saturated heterocycles. The molecule has 0 fully saturated rings. The van der Waals surface area contributed by atoms with Crippen LogP contribution in [0.4, 0.5) is 13.2 Å². The van der Waals surface area contributed by atoms with E-state index in [2.05, 4.69) is 15.3 Å². The van der Waals surface area contributed by atoms with E-state index in [4.69, 9.17) is 9.47 Å². The van der Waals surface area contributed by atoms with E-state index >= 15 is 0 Å². The minimum absolute atomic E-state index is 0.0327. The Morgan fingerprint density at radius 2 is 2.09 bits per heavy atom. The van der Waals surface area contributed by atoms with Gasteiger partial charge in [-0.05, 0) is 31.5 Å². The summed E-state index contributed by atoms with van der Waals surface area (Å²) in [6.07, 6.45) is -1.68. The van der Waals surface area contributed by atoms with Crippen molar-refractivity contribution < 1.29 is 32.2 Å². The van der Waals surface area contributed by atoms with Gasteiger partial charge in [-0.3, -0.25) is 19.6 Å². The molecule has 33 heavy (non-hydrogen) atoms. The normalized spacial score (nSPS) is 14.2. The second kappa shape index (κ2) is 10.2. The average molecular weight is 466 g/mol. The number of alkyl halides is 3. The second-order valence-corrected chi connectivity index (χ2v) is 7.69. The van der Waals surface area contributed by atoms with Crippen LogP contribution in [0.2, 0.25) is 0 Å². The molecule has 0 radical (unpaired) electrons. The number of rotatable bonds is 9. The molecule has 1 aliphatic rings. The van der Waals surface area contributed by atoms with Crippen LogP contribution in [-0.2, 0) is 22.5 Å². The summed E-state index contributed by atoms with van der Waals surface area (Å²) < 4.78 is 47.0. The molecule has 0 spiro atoms. The monoisotopic (exact) mass is 466 g/mol. The summed E-state index contributed by atoms with van der Waals surface area (Å²) in [5, 5.41) is 2.73. The van der Waals surface area contributed by atoms with E-state index in [1.165, 1.54) is 12.4 Å². The van der Waals surface area contributed by atoms with Crippen molar-refractivity contribution >= 4 is 11.8 Å². The van der Waals surface area contributed by atoms with E-state index in [1.807, 2.05) is 0 Å². The van der Waals surface area contributed by atoms with Gasteiger partial charge in [-0.2, -0.15) is 13.2 Å². The molecule has 3 heterocycles. The fourth-order valence-corrected chi connectivity index (χ4v) is 3.55. The van der Waals surface area contributed by atoms with E-state index in [-0.39, 0.29) is 30.5 Å². The quantitative estimate of drug-likeness (QED) is 0.572. The van der Waals surface area contributed by atoms with Crippen LogP contribution >= 0.6 is 0 Å². The Balaban J connectivity index is 1.73. The predicted molar refractivity (Wildman–Crippen MR) is 112 cm³/mol. The van der Waals surface area contributed by atoms with Gasteiger partial charge in [-0.15, -0.1) is 0 Å². The summed E-state index contributed by atoms with van der Waals surface area (Å²) in [5.74, 6) is -0.415. The Labute approximate surface area is 189 Å². The molecule has 0 aliphatic carbocycles. The van der Waals surface area contributed by atoms with E-state index in [9.17, 15) is 22.8 Å². The Morgan fingerprint density at radius 3 is 2.76 bits per heavy atom. The first-order valence-electron chi connectivity index (χ1n) is 10.3. The average Bonchev–Trinajstić information content (AvgIpc) is 3.09. The number of aryl methyl sites for hydroxylation is 1. The molecule has 0 bridgehead atoms. The lowest BCUT2D eigenvalue weighted by Crippen LogP contribution is -2.29. The maximum absolute atomic E-state index is 13.0. The molecule has 1 unspecified atom stereocenters. The number of amides is 2. The largest absolute Gasteiger partial charge is 0.482 e. The zero-order valence-electron chi connectivity index (χ0n) is 18.5. The van der Waals surface area contributed by atoms with Crippen LogP contribution in [0.1, 0.15) is 45.8 Å². The number of carbonyl (C=O) groups is 2. The molecule has 0 saturated carbocycles. The van der Waals surface area contributed by atoms with E-state index < -0.39 is 18.8 Å². The summed E-state index contributed by atoms with van der Waals surface area (Å²) in [5.41, 5.74) is 2.66. The van der Waals surface area contributed by atoms with Crippen molar-refractivity contribution in [3.8, 4) is 5.75 Å². The van der Waals surface area contributed by atoms with Crippen LogP contribution < -0.4 is 10.1 Å². The number of fused-ring (bicyclic) bond motifs is 1. The van der Waals surface area contributed by atoms with Crippen LogP contribution in [0.3, 0.4) is 0 Å². The van der Waals surface area contributed by atoms with Crippen molar-refractivity contribution in [1.82, 2.24) is 20.2 Å². The number of pyridine rings is 2. The third kappa shape index (κ3) is 5.98. The maximum Gasteiger partial charge on any atom is 0.422 e. The number of carbonyl (C=O) groups excluding carboxylic acids is 2. The molecular formula is C22H25F3N4O4. The minimum atomic E-state index is -4.45. The number of hydrogen-bond acceptors (Lipinski definition) is 6. The van der Waals surface area contributed by atoms with Crippen molar-refractivity contribution in [2.24, 2.45) is 0 Å². The van der Waals surface area contributed by atoms with Gasteiger partial charge in [0.2, 0.25) is 5.91 Å². The molecule has 2 amide bonds. The van der Waals surface area contributed by atoms with Crippen LogP contribution in [0, 0.1) is 6.92 Å². The van der Waals surface area contributed by atoms with Gasteiger partial charge in [0, 0.05) is 37.5 Å². The molecule has 2 aromatic rings. The van der Waals surface area contributed by atoms with Gasteiger partial charge in [0.25, 0.3) is 5.91 Å². The van der Waals surface area contributed by atoms with Crippen LogP contribution in [0.25, 0.3) is 0 Å². The maximum atomic E-state index is 13.0. The number of aromatic nitrogens is 2. The summed E-state index contributed by atoms with van der Waals surface area (Å²) >= 11 is 0. The van der Waals surface area contributed by atoms with Crippen molar-refractivity contribution in [2.75, 3.05) is 26.9 Å². The molecule has 1 atom stereocenters. The lowest BCUT2D eigenvalue weighted by molar-refractivity contribution is -0.153. The highest BCUT2D eigenvalue weighted by Gasteiger charge is 2.34. The van der Waals surface area contributed by atoms with Gasteiger partial charge < -0.3 is 19.7 Å². The van der Waals surface area contributed by atoms with E-state index in [1.54, 1.807) is 38.0 Å². The molecule has 11 heteroatoms. The summed E-state index contributed by atoms with van der Waals surface area (Å²) in [4.78, 5) is 35.3. The predicted octanol–water partition coefficient (Wildman–Crippen LogP) is 2.75. The third-order valence-corrected chi connectivity index (χ3v) is 5.29. The summed E-state index contributed by atoms with van der Waals surface area (Å²) in [7, 11) is 1.54. The molecule has 3 rings (SSSR count). The van der Waals surface area contributed by atoms with Crippen molar-refractivity contribution in [2.45, 2.75) is 39.0 Å². The summed E-state index contributed by atoms with van der Waals surface area (Å²) in [6, 6.07) is 2.77. The molecule has 0 aromatic carbocycles. The number of nitrogens with zero attached hydrogens (tertiary/aromatic N) is 3. The van der Waals surface area contributed by atoms with Crippen molar-refractivity contribution in [3.63, 3.8) is 0 Å². The van der Waals surface area contributed by atoms with Crippen molar-refractivity contribution in [3.05, 3.63) is 52.6 Å². The molecule has 1 aliphatic heterocycles. The smallest absolute Gasteiger partial charge is 0.422 e. The highest BCUT2D eigenvalue weighted by molar-refractivity contribution is 5.99. The zero-order chi connectivity index (χ0) is 24.2. The zero-order valence-corrected chi connectivity index (χ0v) is 18.5. The van der Waals surface area contributed by atoms with Gasteiger partial charge in [0.1, 0.15) is 5.75 Å². The Bertz CT molecular complexity index is 1030. The van der Waals surface area contributed by atoms with E-state index in [0.717, 1.165) is 0 Å². The topological polar surface area (TPSA) is 93.7 Å². The van der Waals surface area contributed by atoms with Gasteiger partial charge in [-0.25, -0.2) is 0 Å². The Hall–Kier alpha value is -3.21. The fourth-order valence-electron chi connectivity index (χ4n) is 3.55. The van der Waals surface area contributed by atoms with Crippen LogP contribution in [0.5, 0.6) is 5.75 Å². The highest BCUT2D eigenvalue weighted by Crippen LogP contribution is 2.33. The lowest BCUT2D eigenvalue weighted by Gasteiger charge is -2.24. The molecule has 2 aromatic heterocycles. The van der Waals surface area contributed by atoms with E-state index in [0.29, 0.717) is 41.2 Å². The highest BCUT2D eigenvalue weighted by atomic mass is 19.4. The minimum Gasteiger partial charge on any atom is -0.482 e. The molecule has 1 N–H and O–H groups in total. The van der Waals surface area contributed by atoms with Gasteiger partial charge >= 0.3 is 6.18 Å². The van der Waals surface area contributed by atoms with Gasteiger partial charge in [0.05, 0.1) is 36.7 Å². The van der Waals surface area contributed by atoms with Crippen LogP contribution in [0.15, 0.2) is 24.5 Å². The first kappa shape index (κ1) is 24.4.